The summed E-state index contributed by atoms with van der Waals surface area (Å²) >= 11 is 0. The Labute approximate surface area is 134 Å². The van der Waals surface area contributed by atoms with E-state index in [1.165, 1.54) is 63.1 Å². The largest absolute Gasteiger partial charge is 0.298 e. The van der Waals surface area contributed by atoms with E-state index in [0.717, 1.165) is 18.5 Å². The molecule has 3 nitrogen and oxygen atoms in total. The molecule has 0 bridgehead atoms. The van der Waals surface area contributed by atoms with Crippen LogP contribution in [0.15, 0.2) is 12.3 Å². The zero-order valence-corrected chi connectivity index (χ0v) is 14.1. The lowest BCUT2D eigenvalue weighted by Gasteiger charge is -2.34. The molecule has 4 rings (SSSR count). The van der Waals surface area contributed by atoms with Crippen LogP contribution in [0.5, 0.6) is 0 Å². The number of aromatic nitrogens is 1. The van der Waals surface area contributed by atoms with Crippen LogP contribution in [0, 0.1) is 0 Å². The summed E-state index contributed by atoms with van der Waals surface area (Å²) in [6.07, 6.45) is 7.74. The molecule has 3 aliphatic rings. The lowest BCUT2D eigenvalue weighted by Crippen LogP contribution is -2.46. The molecule has 0 spiro atoms. The van der Waals surface area contributed by atoms with E-state index in [1.54, 1.807) is 5.56 Å². The topological polar surface area (TPSA) is 19.4 Å². The van der Waals surface area contributed by atoms with Crippen molar-refractivity contribution in [1.29, 1.82) is 0 Å². The van der Waals surface area contributed by atoms with Gasteiger partial charge in [-0.2, -0.15) is 0 Å². The predicted octanol–water partition coefficient (Wildman–Crippen LogP) is 3.36. The van der Waals surface area contributed by atoms with Crippen LogP contribution in [0.2, 0.25) is 0 Å². The van der Waals surface area contributed by atoms with Crippen LogP contribution in [-0.2, 0) is 6.54 Å². The van der Waals surface area contributed by atoms with E-state index in [1.807, 2.05) is 0 Å². The van der Waals surface area contributed by atoms with Gasteiger partial charge in [-0.1, -0.05) is 19.9 Å². The lowest BCUT2D eigenvalue weighted by molar-refractivity contribution is 0.121. The zero-order chi connectivity index (χ0) is 15.1. The smallest absolute Gasteiger partial charge is 0.0463 e. The molecule has 1 aromatic heterocycles. The van der Waals surface area contributed by atoms with Crippen LogP contribution in [0.1, 0.15) is 68.2 Å². The maximum atomic E-state index is 4.82. The molecule has 2 saturated carbocycles. The molecule has 3 heteroatoms. The lowest BCUT2D eigenvalue weighted by atomic mass is 9.98. The summed E-state index contributed by atoms with van der Waals surface area (Å²) in [7, 11) is 0. The fourth-order valence-electron chi connectivity index (χ4n) is 3.81. The van der Waals surface area contributed by atoms with Crippen LogP contribution in [0.25, 0.3) is 0 Å². The molecule has 0 amide bonds. The summed E-state index contributed by atoms with van der Waals surface area (Å²) in [6, 6.07) is 3.39. The summed E-state index contributed by atoms with van der Waals surface area (Å²) in [5, 5.41) is 0. The Kier molecular flexibility index (Phi) is 3.95. The van der Waals surface area contributed by atoms with Crippen molar-refractivity contribution in [2.24, 2.45) is 0 Å². The average molecular weight is 299 g/mol. The minimum Gasteiger partial charge on any atom is -0.298 e. The van der Waals surface area contributed by atoms with Crippen LogP contribution in [-0.4, -0.2) is 47.0 Å². The standard InChI is InChI=1S/C19H29N3/c1-14(2)19-18(16-3-4-16)11-15(12-20-19)13-21-7-9-22(10-8-21)17-5-6-17/h11-12,14,16-17H,3-10,13H2,1-2H3. The summed E-state index contributed by atoms with van der Waals surface area (Å²) in [6.45, 7) is 10.6. The van der Waals surface area contributed by atoms with E-state index in [9.17, 15) is 0 Å². The second kappa shape index (κ2) is 5.93. The quantitative estimate of drug-likeness (QED) is 0.831. The van der Waals surface area contributed by atoms with Crippen LogP contribution in [0.4, 0.5) is 0 Å². The van der Waals surface area contributed by atoms with E-state index in [4.69, 9.17) is 4.98 Å². The maximum Gasteiger partial charge on any atom is 0.0463 e. The van der Waals surface area contributed by atoms with Gasteiger partial charge in [0.05, 0.1) is 0 Å². The third-order valence-corrected chi connectivity index (χ3v) is 5.45. The van der Waals surface area contributed by atoms with Gasteiger partial charge >= 0.3 is 0 Å². The monoisotopic (exact) mass is 299 g/mol. The van der Waals surface area contributed by atoms with Gasteiger partial charge in [0, 0.05) is 50.7 Å². The highest BCUT2D eigenvalue weighted by molar-refractivity contribution is 5.33. The Morgan fingerprint density at radius 3 is 2.41 bits per heavy atom. The molecule has 1 aliphatic heterocycles. The second-order valence-corrected chi connectivity index (χ2v) is 7.79. The van der Waals surface area contributed by atoms with Gasteiger partial charge in [0.25, 0.3) is 0 Å². The van der Waals surface area contributed by atoms with Crippen molar-refractivity contribution in [3.05, 3.63) is 29.1 Å². The molecule has 1 aromatic rings. The molecule has 0 unspecified atom stereocenters. The molecule has 0 radical (unpaired) electrons. The fourth-order valence-corrected chi connectivity index (χ4v) is 3.81. The molecule has 0 N–H and O–H groups in total. The van der Waals surface area contributed by atoms with Crippen molar-refractivity contribution in [2.75, 3.05) is 26.2 Å². The molecule has 0 aromatic carbocycles. The first-order chi connectivity index (χ1) is 10.7. The van der Waals surface area contributed by atoms with Gasteiger partial charge in [-0.25, -0.2) is 0 Å². The summed E-state index contributed by atoms with van der Waals surface area (Å²) in [5.41, 5.74) is 4.31. The molecular formula is C19H29N3. The third-order valence-electron chi connectivity index (χ3n) is 5.45. The molecular weight excluding hydrogens is 270 g/mol. The number of rotatable bonds is 5. The van der Waals surface area contributed by atoms with Crippen molar-refractivity contribution >= 4 is 0 Å². The van der Waals surface area contributed by atoms with E-state index >= 15 is 0 Å². The van der Waals surface area contributed by atoms with Gasteiger partial charge in [0.2, 0.25) is 0 Å². The first-order valence-corrected chi connectivity index (χ1v) is 9.16. The average Bonchev–Trinajstić information content (AvgIpc) is 3.40. The number of pyridine rings is 1. The maximum absolute atomic E-state index is 4.82. The van der Waals surface area contributed by atoms with Gasteiger partial charge in [0.1, 0.15) is 0 Å². The Hall–Kier alpha value is -0.930. The summed E-state index contributed by atoms with van der Waals surface area (Å²) in [4.78, 5) is 10.1. The van der Waals surface area contributed by atoms with Gasteiger partial charge in [-0.05, 0) is 48.6 Å². The number of nitrogens with zero attached hydrogens (tertiary/aromatic N) is 3. The SMILES string of the molecule is CC(C)c1ncc(CN2CCN(C3CC3)CC2)cc1C1CC1. The van der Waals surface area contributed by atoms with Gasteiger partial charge in [0.15, 0.2) is 0 Å². The minimum absolute atomic E-state index is 0.548. The van der Waals surface area contributed by atoms with E-state index in [2.05, 4.69) is 35.9 Å². The van der Waals surface area contributed by atoms with Crippen molar-refractivity contribution in [2.45, 2.75) is 64.0 Å². The first-order valence-electron chi connectivity index (χ1n) is 9.16. The van der Waals surface area contributed by atoms with Crippen molar-refractivity contribution in [3.8, 4) is 0 Å². The Morgan fingerprint density at radius 2 is 1.82 bits per heavy atom. The zero-order valence-electron chi connectivity index (χ0n) is 14.1. The minimum atomic E-state index is 0.548. The Balaban J connectivity index is 1.41. The number of piperazine rings is 1. The molecule has 0 atom stereocenters. The van der Waals surface area contributed by atoms with Crippen LogP contribution >= 0.6 is 0 Å². The highest BCUT2D eigenvalue weighted by Gasteiger charge is 2.31. The first kappa shape index (κ1) is 14.6. The predicted molar refractivity (Wildman–Crippen MR) is 90.2 cm³/mol. The molecule has 1 saturated heterocycles. The fraction of sp³-hybridized carbons (Fsp3) is 0.737. The highest BCUT2D eigenvalue weighted by atomic mass is 15.3. The molecule has 2 heterocycles. The third kappa shape index (κ3) is 3.21. The number of hydrogen-bond acceptors (Lipinski definition) is 3. The summed E-state index contributed by atoms with van der Waals surface area (Å²) in [5.74, 6) is 1.35. The van der Waals surface area contributed by atoms with E-state index in [-0.39, 0.29) is 0 Å². The molecule has 120 valence electrons. The van der Waals surface area contributed by atoms with E-state index in [0.29, 0.717) is 5.92 Å². The van der Waals surface area contributed by atoms with Crippen molar-refractivity contribution in [3.63, 3.8) is 0 Å². The Morgan fingerprint density at radius 1 is 1.09 bits per heavy atom. The van der Waals surface area contributed by atoms with Crippen LogP contribution in [0.3, 0.4) is 0 Å². The normalized spacial score (nSPS) is 24.1. The van der Waals surface area contributed by atoms with Crippen molar-refractivity contribution in [1.82, 2.24) is 14.8 Å². The molecule has 2 aliphatic carbocycles. The van der Waals surface area contributed by atoms with Gasteiger partial charge in [-0.15, -0.1) is 0 Å². The number of hydrogen-bond donors (Lipinski definition) is 0. The van der Waals surface area contributed by atoms with Crippen molar-refractivity contribution < 1.29 is 0 Å². The van der Waals surface area contributed by atoms with Crippen LogP contribution < -0.4 is 0 Å². The summed E-state index contributed by atoms with van der Waals surface area (Å²) < 4.78 is 0. The Bertz CT molecular complexity index is 523. The van der Waals surface area contributed by atoms with Gasteiger partial charge < -0.3 is 0 Å². The van der Waals surface area contributed by atoms with E-state index < -0.39 is 0 Å². The molecule has 3 fully saturated rings. The molecule has 22 heavy (non-hydrogen) atoms. The van der Waals surface area contributed by atoms with Gasteiger partial charge in [-0.3, -0.25) is 14.8 Å². The second-order valence-electron chi connectivity index (χ2n) is 7.79. The highest BCUT2D eigenvalue weighted by Crippen LogP contribution is 2.43.